The molecule has 1 unspecified atom stereocenters. The van der Waals surface area contributed by atoms with Gasteiger partial charge in [0.25, 0.3) is 0 Å². The number of nitrogens with one attached hydrogen (secondary N) is 2. The highest BCUT2D eigenvalue weighted by Gasteiger charge is 2.38. The van der Waals surface area contributed by atoms with Gasteiger partial charge >= 0.3 is 6.03 Å². The third-order valence-electron chi connectivity index (χ3n) is 4.63. The summed E-state index contributed by atoms with van der Waals surface area (Å²) in [6, 6.07) is 0.272. The van der Waals surface area contributed by atoms with Crippen molar-refractivity contribution in [3.05, 3.63) is 0 Å². The van der Waals surface area contributed by atoms with Crippen molar-refractivity contribution in [3.63, 3.8) is 0 Å². The molecule has 1 atom stereocenters. The van der Waals surface area contributed by atoms with Gasteiger partial charge in [0.1, 0.15) is 0 Å². The van der Waals surface area contributed by atoms with E-state index in [0.717, 1.165) is 38.8 Å². The lowest BCUT2D eigenvalue weighted by Crippen LogP contribution is -2.63. The molecule has 0 radical (unpaired) electrons. The van der Waals surface area contributed by atoms with Crippen LogP contribution in [0.3, 0.4) is 0 Å². The minimum Gasteiger partial charge on any atom is -0.376 e. The molecule has 0 aromatic heterocycles. The minimum atomic E-state index is 0.0469. The van der Waals surface area contributed by atoms with E-state index < -0.39 is 0 Å². The molecular weight excluding hydrogens is 278 g/mol. The molecule has 0 bridgehead atoms. The van der Waals surface area contributed by atoms with Gasteiger partial charge in [0.2, 0.25) is 0 Å². The molecule has 0 aromatic carbocycles. The molecule has 0 spiro atoms. The molecule has 5 heteroatoms. The van der Waals surface area contributed by atoms with Crippen LogP contribution in [0.1, 0.15) is 60.3 Å². The van der Waals surface area contributed by atoms with Gasteiger partial charge in [-0.05, 0) is 60.3 Å². The number of piperidine rings is 1. The highest BCUT2D eigenvalue weighted by Crippen LogP contribution is 2.28. The van der Waals surface area contributed by atoms with Gasteiger partial charge in [-0.2, -0.15) is 0 Å². The Morgan fingerprint density at radius 2 is 1.91 bits per heavy atom. The Labute approximate surface area is 135 Å². The number of likely N-dealkylation sites (N-methyl/N-ethyl adjacent to an activating group) is 1. The summed E-state index contributed by atoms with van der Waals surface area (Å²) >= 11 is 0. The van der Waals surface area contributed by atoms with E-state index in [1.807, 2.05) is 11.8 Å². The van der Waals surface area contributed by atoms with Crippen LogP contribution < -0.4 is 10.6 Å². The van der Waals surface area contributed by atoms with E-state index in [2.05, 4.69) is 38.3 Å². The zero-order chi connectivity index (χ0) is 16.4. The molecule has 0 aliphatic carbocycles. The summed E-state index contributed by atoms with van der Waals surface area (Å²) < 4.78 is 5.66. The van der Waals surface area contributed by atoms with E-state index in [4.69, 9.17) is 4.74 Å². The summed E-state index contributed by atoms with van der Waals surface area (Å²) in [6.07, 6.45) is 4.31. The number of nitrogens with zero attached hydrogens (tertiary/aromatic N) is 1. The molecule has 2 N–H and O–H groups in total. The van der Waals surface area contributed by atoms with Gasteiger partial charge in [0.15, 0.2) is 0 Å². The van der Waals surface area contributed by atoms with Gasteiger partial charge in [-0.1, -0.05) is 0 Å². The van der Waals surface area contributed by atoms with Crippen molar-refractivity contribution in [2.24, 2.45) is 0 Å². The first-order chi connectivity index (χ1) is 10.2. The summed E-state index contributed by atoms with van der Waals surface area (Å²) in [5, 5.41) is 6.90. The predicted molar refractivity (Wildman–Crippen MR) is 89.1 cm³/mol. The van der Waals surface area contributed by atoms with Crippen molar-refractivity contribution in [3.8, 4) is 0 Å². The fourth-order valence-electron chi connectivity index (χ4n) is 4.08. The normalized spacial score (nSPS) is 27.6. The van der Waals surface area contributed by atoms with Gasteiger partial charge in [-0.3, -0.25) is 0 Å². The van der Waals surface area contributed by atoms with Crippen LogP contribution in [-0.2, 0) is 4.74 Å². The van der Waals surface area contributed by atoms with E-state index in [0.29, 0.717) is 6.54 Å². The van der Waals surface area contributed by atoms with E-state index in [9.17, 15) is 4.79 Å². The molecule has 0 saturated carbocycles. The maximum absolute atomic E-state index is 12.6. The van der Waals surface area contributed by atoms with Gasteiger partial charge in [-0.25, -0.2) is 4.79 Å². The van der Waals surface area contributed by atoms with Crippen LogP contribution in [0, 0.1) is 0 Å². The van der Waals surface area contributed by atoms with Crippen molar-refractivity contribution in [2.75, 3.05) is 19.7 Å². The number of urea groups is 1. The fraction of sp³-hybridized carbons (Fsp3) is 0.941. The molecule has 2 amide bonds. The van der Waals surface area contributed by atoms with Crippen molar-refractivity contribution < 1.29 is 9.53 Å². The van der Waals surface area contributed by atoms with Gasteiger partial charge in [-0.15, -0.1) is 0 Å². The first-order valence-corrected chi connectivity index (χ1v) is 8.67. The zero-order valence-electron chi connectivity index (χ0n) is 14.9. The summed E-state index contributed by atoms with van der Waals surface area (Å²) in [4.78, 5) is 14.5. The highest BCUT2D eigenvalue weighted by atomic mass is 16.5. The largest absolute Gasteiger partial charge is 0.376 e. The molecule has 0 aromatic rings. The molecule has 128 valence electrons. The van der Waals surface area contributed by atoms with Crippen LogP contribution in [0.5, 0.6) is 0 Å². The van der Waals surface area contributed by atoms with Crippen LogP contribution in [0.4, 0.5) is 4.79 Å². The Hall–Kier alpha value is -0.810. The summed E-state index contributed by atoms with van der Waals surface area (Å²) in [7, 11) is 0. The van der Waals surface area contributed by atoms with Crippen LogP contribution >= 0.6 is 0 Å². The molecular formula is C17H33N3O2. The first-order valence-electron chi connectivity index (χ1n) is 8.67. The van der Waals surface area contributed by atoms with Crippen molar-refractivity contribution in [1.82, 2.24) is 15.5 Å². The van der Waals surface area contributed by atoms with Crippen molar-refractivity contribution in [2.45, 2.75) is 83.5 Å². The third kappa shape index (κ3) is 4.85. The molecule has 22 heavy (non-hydrogen) atoms. The third-order valence-corrected chi connectivity index (χ3v) is 4.63. The van der Waals surface area contributed by atoms with Gasteiger partial charge in [0.05, 0.1) is 6.10 Å². The van der Waals surface area contributed by atoms with E-state index in [-0.39, 0.29) is 29.3 Å². The lowest BCUT2D eigenvalue weighted by molar-refractivity contribution is 0.0798. The number of hydrogen-bond donors (Lipinski definition) is 2. The lowest BCUT2D eigenvalue weighted by atomic mass is 9.80. The second-order valence-electron chi connectivity index (χ2n) is 8.12. The maximum atomic E-state index is 12.6. The van der Waals surface area contributed by atoms with Crippen LogP contribution in [0.15, 0.2) is 0 Å². The predicted octanol–water partition coefficient (Wildman–Crippen LogP) is 2.51. The van der Waals surface area contributed by atoms with E-state index in [1.165, 1.54) is 0 Å². The Morgan fingerprint density at radius 1 is 1.27 bits per heavy atom. The number of carbonyl (C=O) groups is 1. The molecule has 2 aliphatic heterocycles. The number of carbonyl (C=O) groups excluding carboxylic acids is 1. The summed E-state index contributed by atoms with van der Waals surface area (Å²) in [5.41, 5.74) is 0.0939. The molecule has 5 nitrogen and oxygen atoms in total. The lowest BCUT2D eigenvalue weighted by Gasteiger charge is -2.47. The topological polar surface area (TPSA) is 53.6 Å². The quantitative estimate of drug-likeness (QED) is 0.839. The average molecular weight is 311 g/mol. The SMILES string of the molecule is CCN(CC1CCCO1)C(=O)NC1CC(C)(C)NC(C)(C)C1. The molecule has 2 saturated heterocycles. The fourth-order valence-corrected chi connectivity index (χ4v) is 4.08. The standard InChI is InChI=1S/C17H33N3O2/c1-6-20(12-14-8-7-9-22-14)15(21)18-13-10-16(2,3)19-17(4,5)11-13/h13-14,19H,6-12H2,1-5H3,(H,18,21). The maximum Gasteiger partial charge on any atom is 0.317 e. The zero-order valence-corrected chi connectivity index (χ0v) is 14.9. The molecule has 2 fully saturated rings. The summed E-state index contributed by atoms with van der Waals surface area (Å²) in [6.45, 7) is 13.1. The highest BCUT2D eigenvalue weighted by molar-refractivity contribution is 5.74. The van der Waals surface area contributed by atoms with Crippen molar-refractivity contribution >= 4 is 6.03 Å². The first kappa shape index (κ1) is 17.5. The van der Waals surface area contributed by atoms with E-state index in [1.54, 1.807) is 0 Å². The number of rotatable bonds is 4. The van der Waals surface area contributed by atoms with Crippen LogP contribution in [0.25, 0.3) is 0 Å². The van der Waals surface area contributed by atoms with E-state index >= 15 is 0 Å². The van der Waals surface area contributed by atoms with Gasteiger partial charge < -0.3 is 20.3 Å². The Morgan fingerprint density at radius 3 is 2.41 bits per heavy atom. The second-order valence-corrected chi connectivity index (χ2v) is 8.12. The smallest absolute Gasteiger partial charge is 0.317 e. The number of ether oxygens (including phenoxy) is 1. The molecule has 2 heterocycles. The minimum absolute atomic E-state index is 0.0469. The van der Waals surface area contributed by atoms with Crippen LogP contribution in [-0.4, -0.2) is 53.9 Å². The van der Waals surface area contributed by atoms with Gasteiger partial charge in [0, 0.05) is 36.8 Å². The second kappa shape index (κ2) is 6.75. The number of hydrogen-bond acceptors (Lipinski definition) is 3. The number of amides is 2. The Kier molecular flexibility index (Phi) is 5.38. The van der Waals surface area contributed by atoms with Crippen LogP contribution in [0.2, 0.25) is 0 Å². The molecule has 2 rings (SSSR count). The molecule has 2 aliphatic rings. The monoisotopic (exact) mass is 311 g/mol. The Balaban J connectivity index is 1.91. The Bertz CT molecular complexity index is 373. The summed E-state index contributed by atoms with van der Waals surface area (Å²) in [5.74, 6) is 0. The average Bonchev–Trinajstić information content (AvgIpc) is 2.84. The van der Waals surface area contributed by atoms with Crippen molar-refractivity contribution in [1.29, 1.82) is 0 Å².